The van der Waals surface area contributed by atoms with Crippen molar-refractivity contribution in [3.05, 3.63) is 29.6 Å². The van der Waals surface area contributed by atoms with Crippen LogP contribution in [0.1, 0.15) is 12.2 Å². The summed E-state index contributed by atoms with van der Waals surface area (Å²) in [5.74, 6) is -5.36. The molecule has 0 amide bonds. The van der Waals surface area contributed by atoms with Crippen molar-refractivity contribution in [3.63, 3.8) is 0 Å². The van der Waals surface area contributed by atoms with Crippen molar-refractivity contribution in [2.45, 2.75) is 19.1 Å². The van der Waals surface area contributed by atoms with Crippen LogP contribution >= 0.6 is 0 Å². The number of hydrogen-bond acceptors (Lipinski definition) is 2. The normalized spacial score (nSPS) is 12.1. The van der Waals surface area contributed by atoms with Crippen molar-refractivity contribution >= 4 is 17.0 Å². The summed E-state index contributed by atoms with van der Waals surface area (Å²) in [7, 11) is 0. The highest BCUT2D eigenvalue weighted by molar-refractivity contribution is 5.76. The summed E-state index contributed by atoms with van der Waals surface area (Å²) in [6.07, 6.45) is -5.46. The molecule has 0 spiro atoms. The lowest BCUT2D eigenvalue weighted by molar-refractivity contribution is -0.148. The molecule has 1 N–H and O–H groups in total. The van der Waals surface area contributed by atoms with Gasteiger partial charge >= 0.3 is 12.1 Å². The molecule has 0 fully saturated rings. The van der Waals surface area contributed by atoms with Gasteiger partial charge in [0.1, 0.15) is 0 Å². The Morgan fingerprint density at radius 3 is 2.40 bits per heavy atom. The Hall–Kier alpha value is -2.19. The van der Waals surface area contributed by atoms with E-state index in [-0.39, 0.29) is 11.0 Å². The van der Waals surface area contributed by atoms with Crippen LogP contribution in [0.3, 0.4) is 0 Å². The first-order valence-corrected chi connectivity index (χ1v) is 5.34. The van der Waals surface area contributed by atoms with Crippen LogP contribution in [0.15, 0.2) is 12.1 Å². The lowest BCUT2D eigenvalue weighted by Gasteiger charge is -2.10. The minimum atomic E-state index is -4.86. The van der Waals surface area contributed by atoms with Crippen molar-refractivity contribution < 1.29 is 31.9 Å². The predicted molar refractivity (Wildman–Crippen MR) is 56.9 cm³/mol. The number of imidazole rings is 1. The van der Waals surface area contributed by atoms with Crippen LogP contribution in [0.4, 0.5) is 22.0 Å². The number of rotatable bonds is 3. The van der Waals surface area contributed by atoms with Crippen molar-refractivity contribution in [1.29, 1.82) is 0 Å². The van der Waals surface area contributed by atoms with Gasteiger partial charge in [-0.05, 0) is 0 Å². The number of benzene rings is 1. The molecule has 1 aromatic carbocycles. The molecule has 0 aliphatic rings. The second-order valence-electron chi connectivity index (χ2n) is 3.98. The fourth-order valence-electron chi connectivity index (χ4n) is 1.77. The molecule has 0 atom stereocenters. The van der Waals surface area contributed by atoms with E-state index in [1.54, 1.807) is 0 Å². The minimum absolute atomic E-state index is 0.308. The van der Waals surface area contributed by atoms with E-state index in [1.807, 2.05) is 0 Å². The highest BCUT2D eigenvalue weighted by Crippen LogP contribution is 2.32. The van der Waals surface area contributed by atoms with E-state index in [2.05, 4.69) is 4.98 Å². The van der Waals surface area contributed by atoms with Crippen molar-refractivity contribution in [2.75, 3.05) is 0 Å². The topological polar surface area (TPSA) is 55.1 Å². The zero-order chi connectivity index (χ0) is 15.1. The molecule has 0 aliphatic heterocycles. The third kappa shape index (κ3) is 2.56. The number of fused-ring (bicyclic) bond motifs is 1. The number of halogens is 5. The number of aryl methyl sites for hydroxylation is 1. The zero-order valence-electron chi connectivity index (χ0n) is 9.71. The van der Waals surface area contributed by atoms with Crippen LogP contribution < -0.4 is 0 Å². The average molecular weight is 294 g/mol. The maximum atomic E-state index is 13.1. The summed E-state index contributed by atoms with van der Waals surface area (Å²) < 4.78 is 65.0. The Labute approximate surface area is 108 Å². The smallest absolute Gasteiger partial charge is 0.449 e. The van der Waals surface area contributed by atoms with Crippen LogP contribution in [0.2, 0.25) is 0 Å². The summed E-state index contributed by atoms with van der Waals surface area (Å²) in [6.45, 7) is -0.550. The SMILES string of the molecule is O=C(O)CCn1c(C(F)(F)F)nc2cc(F)c(F)cc21. The molecule has 1 heterocycles. The van der Waals surface area contributed by atoms with Gasteiger partial charge in [-0.25, -0.2) is 13.8 Å². The van der Waals surface area contributed by atoms with E-state index in [9.17, 15) is 26.7 Å². The Balaban J connectivity index is 2.65. The van der Waals surface area contributed by atoms with E-state index < -0.39 is 42.6 Å². The molecule has 108 valence electrons. The molecule has 2 rings (SSSR count). The average Bonchev–Trinajstić information content (AvgIpc) is 2.65. The molecule has 0 radical (unpaired) electrons. The molecule has 1 aromatic heterocycles. The molecule has 0 bridgehead atoms. The Morgan fingerprint density at radius 2 is 1.85 bits per heavy atom. The van der Waals surface area contributed by atoms with Crippen molar-refractivity contribution in [3.8, 4) is 0 Å². The Morgan fingerprint density at radius 1 is 1.25 bits per heavy atom. The first-order valence-electron chi connectivity index (χ1n) is 5.34. The fraction of sp³-hybridized carbons (Fsp3) is 0.273. The summed E-state index contributed by atoms with van der Waals surface area (Å²) in [6, 6.07) is 1.10. The summed E-state index contributed by atoms with van der Waals surface area (Å²) in [4.78, 5) is 13.7. The number of carboxylic acids is 1. The van der Waals surface area contributed by atoms with Crippen molar-refractivity contribution in [2.24, 2.45) is 0 Å². The summed E-state index contributed by atoms with van der Waals surface area (Å²) >= 11 is 0. The van der Waals surface area contributed by atoms with Crippen molar-refractivity contribution in [1.82, 2.24) is 9.55 Å². The number of nitrogens with zero attached hydrogens (tertiary/aromatic N) is 2. The molecule has 20 heavy (non-hydrogen) atoms. The van der Waals surface area contributed by atoms with Gasteiger partial charge in [-0.2, -0.15) is 13.2 Å². The van der Waals surface area contributed by atoms with E-state index in [1.165, 1.54) is 0 Å². The summed E-state index contributed by atoms with van der Waals surface area (Å²) in [5, 5.41) is 8.53. The third-order valence-electron chi connectivity index (χ3n) is 2.59. The van der Waals surface area contributed by atoms with Gasteiger partial charge < -0.3 is 9.67 Å². The van der Waals surface area contributed by atoms with E-state index in [0.29, 0.717) is 16.7 Å². The van der Waals surface area contributed by atoms with Gasteiger partial charge in [-0.15, -0.1) is 0 Å². The molecule has 9 heteroatoms. The second kappa shape index (κ2) is 4.73. The largest absolute Gasteiger partial charge is 0.481 e. The Bertz CT molecular complexity index is 677. The predicted octanol–water partition coefficient (Wildman–Crippen LogP) is 2.81. The zero-order valence-corrected chi connectivity index (χ0v) is 9.71. The number of carboxylic acid groups (broad SMARTS) is 1. The van der Waals surface area contributed by atoms with Crippen LogP contribution in [-0.4, -0.2) is 20.6 Å². The van der Waals surface area contributed by atoms with Gasteiger partial charge in [0.25, 0.3) is 0 Å². The van der Waals surface area contributed by atoms with E-state index in [0.717, 1.165) is 0 Å². The van der Waals surface area contributed by atoms with Gasteiger partial charge in [0.2, 0.25) is 5.82 Å². The van der Waals surface area contributed by atoms with Gasteiger partial charge in [0.15, 0.2) is 11.6 Å². The van der Waals surface area contributed by atoms with Gasteiger partial charge in [-0.1, -0.05) is 0 Å². The van der Waals surface area contributed by atoms with Gasteiger partial charge in [-0.3, -0.25) is 4.79 Å². The lowest BCUT2D eigenvalue weighted by atomic mass is 10.3. The Kier molecular flexibility index (Phi) is 3.36. The van der Waals surface area contributed by atoms with Gasteiger partial charge in [0.05, 0.1) is 17.5 Å². The monoisotopic (exact) mass is 294 g/mol. The number of alkyl halides is 3. The van der Waals surface area contributed by atoms with Crippen LogP contribution in [-0.2, 0) is 17.5 Å². The maximum absolute atomic E-state index is 13.1. The van der Waals surface area contributed by atoms with Crippen LogP contribution in [0.5, 0.6) is 0 Å². The van der Waals surface area contributed by atoms with E-state index in [4.69, 9.17) is 5.11 Å². The number of aromatic nitrogens is 2. The summed E-state index contributed by atoms with van der Waals surface area (Å²) in [5.41, 5.74) is -0.695. The first kappa shape index (κ1) is 14.2. The minimum Gasteiger partial charge on any atom is -0.481 e. The lowest BCUT2D eigenvalue weighted by Crippen LogP contribution is -2.16. The first-order chi connectivity index (χ1) is 9.20. The molecular weight excluding hydrogens is 287 g/mol. The van der Waals surface area contributed by atoms with Crippen LogP contribution in [0, 0.1) is 11.6 Å². The number of aliphatic carboxylic acids is 1. The molecule has 0 saturated carbocycles. The fourth-order valence-corrected chi connectivity index (χ4v) is 1.77. The highest BCUT2D eigenvalue weighted by atomic mass is 19.4. The van der Waals surface area contributed by atoms with E-state index >= 15 is 0 Å². The number of carbonyl (C=O) groups is 1. The molecule has 0 saturated heterocycles. The third-order valence-corrected chi connectivity index (χ3v) is 2.59. The van der Waals surface area contributed by atoms with Crippen LogP contribution in [0.25, 0.3) is 11.0 Å². The molecular formula is C11H7F5N2O2. The molecule has 4 nitrogen and oxygen atoms in total. The molecule has 2 aromatic rings. The number of hydrogen-bond donors (Lipinski definition) is 1. The van der Waals surface area contributed by atoms with Gasteiger partial charge in [0, 0.05) is 18.7 Å². The quantitative estimate of drug-likeness (QED) is 0.886. The molecule has 0 aliphatic carbocycles. The highest BCUT2D eigenvalue weighted by Gasteiger charge is 2.37. The molecule has 0 unspecified atom stereocenters. The standard InChI is InChI=1S/C11H7F5N2O2/c12-5-3-7-8(4-6(5)13)18(2-1-9(19)20)10(17-7)11(14,15)16/h3-4H,1-2H2,(H,19,20). The maximum Gasteiger partial charge on any atom is 0.449 e. The second-order valence-corrected chi connectivity index (χ2v) is 3.98.